The van der Waals surface area contributed by atoms with Crippen molar-refractivity contribution in [1.82, 2.24) is 0 Å². The van der Waals surface area contributed by atoms with E-state index in [9.17, 15) is 4.79 Å². The Morgan fingerprint density at radius 1 is 1.21 bits per heavy atom. The van der Waals surface area contributed by atoms with Gasteiger partial charge in [-0.25, -0.2) is 0 Å². The third-order valence-electron chi connectivity index (χ3n) is 4.11. The minimum atomic E-state index is 0.137. The van der Waals surface area contributed by atoms with E-state index < -0.39 is 0 Å². The van der Waals surface area contributed by atoms with E-state index in [4.69, 9.17) is 5.73 Å². The molecule has 0 heterocycles. The van der Waals surface area contributed by atoms with Crippen molar-refractivity contribution in [2.45, 2.75) is 52.0 Å². The Bertz CT molecular complexity index is 428. The highest BCUT2D eigenvalue weighted by atomic mass is 16.1. The molecule has 1 amide bonds. The standard InChI is InChI=1S/C16H24N2O/c1-11-4-3-5-12(2)16(11)18-15(19)10-13-6-8-14(17)9-7-13/h3-5,13-14H,6-10,17H2,1-2H3,(H,18,19). The fourth-order valence-electron chi connectivity index (χ4n) is 2.86. The maximum atomic E-state index is 12.1. The molecule has 1 aliphatic rings. The molecule has 0 aromatic heterocycles. The van der Waals surface area contributed by atoms with E-state index in [0.29, 0.717) is 18.4 Å². The van der Waals surface area contributed by atoms with E-state index in [2.05, 4.69) is 5.32 Å². The molecule has 3 nitrogen and oxygen atoms in total. The lowest BCUT2D eigenvalue weighted by atomic mass is 9.84. The van der Waals surface area contributed by atoms with Crippen molar-refractivity contribution in [3.05, 3.63) is 29.3 Å². The normalized spacial score (nSPS) is 23.1. The molecule has 19 heavy (non-hydrogen) atoms. The fraction of sp³-hybridized carbons (Fsp3) is 0.562. The van der Waals surface area contributed by atoms with Gasteiger partial charge in [-0.2, -0.15) is 0 Å². The maximum absolute atomic E-state index is 12.1. The predicted molar refractivity (Wildman–Crippen MR) is 79.1 cm³/mol. The van der Waals surface area contributed by atoms with Crippen molar-refractivity contribution in [3.8, 4) is 0 Å². The molecule has 0 unspecified atom stereocenters. The summed E-state index contributed by atoms with van der Waals surface area (Å²) in [5.74, 6) is 0.641. The highest BCUT2D eigenvalue weighted by Crippen LogP contribution is 2.27. The summed E-state index contributed by atoms with van der Waals surface area (Å²) in [4.78, 5) is 12.1. The summed E-state index contributed by atoms with van der Waals surface area (Å²) in [5, 5.41) is 3.07. The quantitative estimate of drug-likeness (QED) is 0.877. The number of carbonyl (C=O) groups excluding carboxylic acids is 1. The van der Waals surface area contributed by atoms with Crippen LogP contribution < -0.4 is 11.1 Å². The zero-order valence-corrected chi connectivity index (χ0v) is 11.9. The Labute approximate surface area is 115 Å². The number of nitrogens with two attached hydrogens (primary N) is 1. The van der Waals surface area contributed by atoms with Gasteiger partial charge in [-0.15, -0.1) is 0 Å². The highest BCUT2D eigenvalue weighted by molar-refractivity contribution is 5.92. The number of hydrogen-bond acceptors (Lipinski definition) is 2. The molecular formula is C16H24N2O. The molecule has 3 heteroatoms. The Hall–Kier alpha value is -1.35. The summed E-state index contributed by atoms with van der Waals surface area (Å²) in [6.07, 6.45) is 4.91. The number of para-hydroxylation sites is 1. The first-order valence-electron chi connectivity index (χ1n) is 7.18. The molecule has 1 aromatic carbocycles. The highest BCUT2D eigenvalue weighted by Gasteiger charge is 2.21. The van der Waals surface area contributed by atoms with Crippen molar-refractivity contribution < 1.29 is 4.79 Å². The predicted octanol–water partition coefficient (Wildman–Crippen LogP) is 3.15. The third kappa shape index (κ3) is 3.80. The largest absolute Gasteiger partial charge is 0.328 e. The van der Waals surface area contributed by atoms with Crippen molar-refractivity contribution in [2.24, 2.45) is 11.7 Å². The van der Waals surface area contributed by atoms with E-state index >= 15 is 0 Å². The number of hydrogen-bond donors (Lipinski definition) is 2. The minimum absolute atomic E-state index is 0.137. The lowest BCUT2D eigenvalue weighted by Gasteiger charge is -2.25. The third-order valence-corrected chi connectivity index (χ3v) is 4.11. The smallest absolute Gasteiger partial charge is 0.224 e. The zero-order chi connectivity index (χ0) is 13.8. The number of rotatable bonds is 3. The summed E-state index contributed by atoms with van der Waals surface area (Å²) >= 11 is 0. The molecule has 2 rings (SSSR count). The first-order chi connectivity index (χ1) is 9.06. The molecule has 0 saturated heterocycles. The van der Waals surface area contributed by atoms with Crippen LogP contribution in [-0.2, 0) is 4.79 Å². The first-order valence-corrected chi connectivity index (χ1v) is 7.18. The molecule has 1 aliphatic carbocycles. The number of carbonyl (C=O) groups is 1. The minimum Gasteiger partial charge on any atom is -0.328 e. The summed E-state index contributed by atoms with van der Waals surface area (Å²) in [6, 6.07) is 6.42. The van der Waals surface area contributed by atoms with Gasteiger partial charge in [-0.05, 0) is 56.6 Å². The Morgan fingerprint density at radius 2 is 1.79 bits per heavy atom. The van der Waals surface area contributed by atoms with E-state index in [1.165, 1.54) is 0 Å². The van der Waals surface area contributed by atoms with Crippen molar-refractivity contribution in [2.75, 3.05) is 5.32 Å². The average Bonchev–Trinajstić information content (AvgIpc) is 2.37. The van der Waals surface area contributed by atoms with Crippen molar-refractivity contribution >= 4 is 11.6 Å². The molecule has 0 spiro atoms. The number of amides is 1. The van der Waals surface area contributed by atoms with Gasteiger partial charge in [0, 0.05) is 18.2 Å². The van der Waals surface area contributed by atoms with E-state index in [1.807, 2.05) is 32.0 Å². The second-order valence-electron chi connectivity index (χ2n) is 5.80. The Balaban J connectivity index is 1.91. The van der Waals surface area contributed by atoms with E-state index in [1.54, 1.807) is 0 Å². The topological polar surface area (TPSA) is 55.1 Å². The molecule has 0 aliphatic heterocycles. The van der Waals surface area contributed by atoms with Crippen LogP contribution in [0, 0.1) is 19.8 Å². The van der Waals surface area contributed by atoms with Crippen LogP contribution in [0.3, 0.4) is 0 Å². The van der Waals surface area contributed by atoms with E-state index in [-0.39, 0.29) is 5.91 Å². The second kappa shape index (κ2) is 6.20. The van der Waals surface area contributed by atoms with Crippen LogP contribution in [0.2, 0.25) is 0 Å². The van der Waals surface area contributed by atoms with Crippen LogP contribution in [-0.4, -0.2) is 11.9 Å². The molecular weight excluding hydrogens is 236 g/mol. The van der Waals surface area contributed by atoms with Crippen LogP contribution >= 0.6 is 0 Å². The monoisotopic (exact) mass is 260 g/mol. The second-order valence-corrected chi connectivity index (χ2v) is 5.80. The van der Waals surface area contributed by atoms with Crippen LogP contribution in [0.15, 0.2) is 18.2 Å². The van der Waals surface area contributed by atoms with Crippen LogP contribution in [0.4, 0.5) is 5.69 Å². The van der Waals surface area contributed by atoms with Crippen molar-refractivity contribution in [3.63, 3.8) is 0 Å². The van der Waals surface area contributed by atoms with Gasteiger partial charge in [-0.3, -0.25) is 4.79 Å². The lowest BCUT2D eigenvalue weighted by molar-refractivity contribution is -0.117. The summed E-state index contributed by atoms with van der Waals surface area (Å²) in [6.45, 7) is 4.06. The molecule has 0 radical (unpaired) electrons. The molecule has 1 fully saturated rings. The number of aryl methyl sites for hydroxylation is 2. The van der Waals surface area contributed by atoms with Crippen LogP contribution in [0.25, 0.3) is 0 Å². The number of nitrogens with one attached hydrogen (secondary N) is 1. The zero-order valence-electron chi connectivity index (χ0n) is 11.9. The van der Waals surface area contributed by atoms with Gasteiger partial charge in [0.1, 0.15) is 0 Å². The SMILES string of the molecule is Cc1cccc(C)c1NC(=O)CC1CCC(N)CC1. The Kier molecular flexibility index (Phi) is 4.59. The average molecular weight is 260 g/mol. The first kappa shape index (κ1) is 14.1. The molecule has 0 atom stereocenters. The summed E-state index contributed by atoms with van der Waals surface area (Å²) in [5.41, 5.74) is 9.11. The molecule has 0 bridgehead atoms. The van der Waals surface area contributed by atoms with Crippen LogP contribution in [0.5, 0.6) is 0 Å². The van der Waals surface area contributed by atoms with Gasteiger partial charge in [0.05, 0.1) is 0 Å². The van der Waals surface area contributed by atoms with Crippen molar-refractivity contribution in [1.29, 1.82) is 0 Å². The Morgan fingerprint density at radius 3 is 2.37 bits per heavy atom. The lowest BCUT2D eigenvalue weighted by Crippen LogP contribution is -2.28. The summed E-state index contributed by atoms with van der Waals surface area (Å²) in [7, 11) is 0. The van der Waals surface area contributed by atoms with Gasteiger partial charge in [0.25, 0.3) is 0 Å². The molecule has 3 N–H and O–H groups in total. The van der Waals surface area contributed by atoms with Gasteiger partial charge in [0.2, 0.25) is 5.91 Å². The summed E-state index contributed by atoms with van der Waals surface area (Å²) < 4.78 is 0. The fourth-order valence-corrected chi connectivity index (χ4v) is 2.86. The molecule has 104 valence electrons. The van der Waals surface area contributed by atoms with Crippen LogP contribution in [0.1, 0.15) is 43.2 Å². The van der Waals surface area contributed by atoms with Gasteiger partial charge in [-0.1, -0.05) is 18.2 Å². The number of benzene rings is 1. The number of anilines is 1. The van der Waals surface area contributed by atoms with Gasteiger partial charge < -0.3 is 11.1 Å². The molecule has 1 saturated carbocycles. The maximum Gasteiger partial charge on any atom is 0.224 e. The van der Waals surface area contributed by atoms with Gasteiger partial charge in [0.15, 0.2) is 0 Å². The van der Waals surface area contributed by atoms with Gasteiger partial charge >= 0.3 is 0 Å². The van der Waals surface area contributed by atoms with E-state index in [0.717, 1.165) is 42.5 Å². The molecule has 1 aromatic rings.